The van der Waals surface area contributed by atoms with Crippen LogP contribution in [0.3, 0.4) is 0 Å². The van der Waals surface area contributed by atoms with E-state index in [2.05, 4.69) is 9.71 Å². The average molecular weight is 280 g/mol. The van der Waals surface area contributed by atoms with Crippen LogP contribution in [0.15, 0.2) is 22.0 Å². The van der Waals surface area contributed by atoms with Gasteiger partial charge in [-0.25, -0.2) is 13.1 Å². The first-order valence-corrected chi connectivity index (χ1v) is 6.71. The maximum atomic E-state index is 11.8. The lowest BCUT2D eigenvalue weighted by Crippen LogP contribution is -2.31. The van der Waals surface area contributed by atoms with Gasteiger partial charge in [0.2, 0.25) is 10.0 Å². The van der Waals surface area contributed by atoms with E-state index in [4.69, 9.17) is 11.6 Å². The Hall–Kier alpha value is -0.890. The summed E-state index contributed by atoms with van der Waals surface area (Å²) in [4.78, 5) is 15.0. The molecule has 0 saturated heterocycles. The molecule has 0 aromatic carbocycles. The van der Waals surface area contributed by atoms with Crippen LogP contribution in [0.25, 0.3) is 0 Å². The summed E-state index contributed by atoms with van der Waals surface area (Å²) in [7, 11) is 0.0505. The molecule has 2 N–H and O–H groups in total. The van der Waals surface area contributed by atoms with Gasteiger partial charge in [0.15, 0.2) is 0 Å². The fraction of sp³-hybridized carbons (Fsp3) is 0.444. The van der Waals surface area contributed by atoms with E-state index in [0.29, 0.717) is 6.54 Å². The first-order chi connectivity index (χ1) is 7.83. The number of aromatic amines is 1. The van der Waals surface area contributed by atoms with Gasteiger partial charge in [0.05, 0.1) is 4.90 Å². The van der Waals surface area contributed by atoms with Gasteiger partial charge in [0.25, 0.3) is 5.56 Å². The summed E-state index contributed by atoms with van der Waals surface area (Å²) < 4.78 is 25.9. The van der Waals surface area contributed by atoms with Gasteiger partial charge in [0.1, 0.15) is 5.02 Å². The molecule has 1 aromatic heterocycles. The molecular formula is C9H14ClN3O3S. The van der Waals surface area contributed by atoms with Crippen molar-refractivity contribution in [1.82, 2.24) is 14.6 Å². The number of nitrogens with one attached hydrogen (secondary N) is 2. The van der Waals surface area contributed by atoms with Gasteiger partial charge in [-0.15, -0.1) is 0 Å². The van der Waals surface area contributed by atoms with E-state index in [-0.39, 0.29) is 16.5 Å². The minimum Gasteiger partial charge on any atom is -0.326 e. The molecule has 8 heteroatoms. The summed E-state index contributed by atoms with van der Waals surface area (Å²) in [5.74, 6) is 0. The molecule has 17 heavy (non-hydrogen) atoms. The highest BCUT2D eigenvalue weighted by atomic mass is 35.5. The van der Waals surface area contributed by atoms with Crippen molar-refractivity contribution < 1.29 is 8.42 Å². The Morgan fingerprint density at radius 2 is 2.12 bits per heavy atom. The molecule has 1 heterocycles. The van der Waals surface area contributed by atoms with E-state index in [0.717, 1.165) is 12.3 Å². The summed E-state index contributed by atoms with van der Waals surface area (Å²) in [6.07, 6.45) is 1.12. The summed E-state index contributed by atoms with van der Waals surface area (Å²) in [6.45, 7) is 0.863. The lowest BCUT2D eigenvalue weighted by atomic mass is 10.5. The number of hydrogen-bond donors (Lipinski definition) is 2. The molecule has 96 valence electrons. The first kappa shape index (κ1) is 14.2. The molecule has 0 bridgehead atoms. The number of nitrogens with zero attached hydrogens (tertiary/aromatic N) is 1. The van der Waals surface area contributed by atoms with Crippen molar-refractivity contribution >= 4 is 21.6 Å². The Labute approximate surface area is 105 Å². The molecule has 0 aliphatic heterocycles. The molecule has 0 fully saturated rings. The number of pyridine rings is 1. The molecule has 6 nitrogen and oxygen atoms in total. The lowest BCUT2D eigenvalue weighted by molar-refractivity contribution is 0.412. The van der Waals surface area contributed by atoms with Gasteiger partial charge in [-0.2, -0.15) is 0 Å². The van der Waals surface area contributed by atoms with Crippen LogP contribution < -0.4 is 10.3 Å². The Kier molecular flexibility index (Phi) is 4.70. The zero-order chi connectivity index (χ0) is 13.1. The highest BCUT2D eigenvalue weighted by molar-refractivity contribution is 7.89. The normalized spacial score (nSPS) is 12.0. The van der Waals surface area contributed by atoms with Crippen LogP contribution in [-0.2, 0) is 10.0 Å². The number of halogens is 1. The van der Waals surface area contributed by atoms with Crippen LogP contribution in [-0.4, -0.2) is 45.5 Å². The van der Waals surface area contributed by atoms with Gasteiger partial charge in [-0.3, -0.25) is 4.79 Å². The molecule has 0 aliphatic carbocycles. The smallest absolute Gasteiger partial charge is 0.266 e. The summed E-state index contributed by atoms with van der Waals surface area (Å²) in [5.41, 5.74) is -0.515. The minimum atomic E-state index is -3.63. The fourth-order valence-corrected chi connectivity index (χ4v) is 2.33. The van der Waals surface area contributed by atoms with Crippen LogP contribution in [0.2, 0.25) is 5.02 Å². The second-order valence-electron chi connectivity index (χ2n) is 3.71. The van der Waals surface area contributed by atoms with Crippen molar-refractivity contribution in [2.24, 2.45) is 0 Å². The molecular weight excluding hydrogens is 266 g/mol. The van der Waals surface area contributed by atoms with Gasteiger partial charge in [-0.1, -0.05) is 11.6 Å². The predicted octanol–water partition coefficient (Wildman–Crippen LogP) is -0.132. The van der Waals surface area contributed by atoms with Crippen molar-refractivity contribution in [2.75, 3.05) is 27.2 Å². The molecule has 0 amide bonds. The van der Waals surface area contributed by atoms with Crippen molar-refractivity contribution in [3.63, 3.8) is 0 Å². The minimum absolute atomic E-state index is 0.0548. The largest absolute Gasteiger partial charge is 0.326 e. The Morgan fingerprint density at radius 1 is 1.47 bits per heavy atom. The molecule has 0 aliphatic rings. The zero-order valence-electron chi connectivity index (χ0n) is 9.53. The SMILES string of the molecule is CN(C)CCNS(=O)(=O)c1c[nH]c(=O)c(Cl)c1. The van der Waals surface area contributed by atoms with Crippen molar-refractivity contribution in [3.05, 3.63) is 27.6 Å². The van der Waals surface area contributed by atoms with E-state index in [1.165, 1.54) is 0 Å². The Bertz CT molecular complexity index is 539. The number of rotatable bonds is 5. The van der Waals surface area contributed by atoms with Gasteiger partial charge >= 0.3 is 0 Å². The van der Waals surface area contributed by atoms with Gasteiger partial charge in [-0.05, 0) is 20.2 Å². The van der Waals surface area contributed by atoms with Crippen molar-refractivity contribution in [1.29, 1.82) is 0 Å². The molecule has 0 atom stereocenters. The Balaban J connectivity index is 2.83. The first-order valence-electron chi connectivity index (χ1n) is 4.85. The van der Waals surface area contributed by atoms with E-state index < -0.39 is 15.6 Å². The third kappa shape index (κ3) is 4.12. The molecule has 0 saturated carbocycles. The maximum absolute atomic E-state index is 11.8. The second kappa shape index (κ2) is 5.63. The topological polar surface area (TPSA) is 82.3 Å². The van der Waals surface area contributed by atoms with Crippen LogP contribution in [0, 0.1) is 0 Å². The number of hydrogen-bond acceptors (Lipinski definition) is 4. The second-order valence-corrected chi connectivity index (χ2v) is 5.89. The van der Waals surface area contributed by atoms with E-state index in [1.54, 1.807) is 0 Å². The highest BCUT2D eigenvalue weighted by Crippen LogP contribution is 2.09. The van der Waals surface area contributed by atoms with Gasteiger partial charge < -0.3 is 9.88 Å². The van der Waals surface area contributed by atoms with Crippen LogP contribution in [0.5, 0.6) is 0 Å². The molecule has 0 unspecified atom stereocenters. The van der Waals surface area contributed by atoms with Crippen LogP contribution in [0.1, 0.15) is 0 Å². The zero-order valence-corrected chi connectivity index (χ0v) is 11.1. The number of sulfonamides is 1. The monoisotopic (exact) mass is 279 g/mol. The lowest BCUT2D eigenvalue weighted by Gasteiger charge is -2.10. The molecule has 1 rings (SSSR count). The standard InChI is InChI=1S/C9H14ClN3O3S/c1-13(2)4-3-12-17(15,16)7-5-8(10)9(14)11-6-7/h5-6,12H,3-4H2,1-2H3,(H,11,14). The quantitative estimate of drug-likeness (QED) is 0.786. The maximum Gasteiger partial charge on any atom is 0.266 e. The molecule has 1 aromatic rings. The summed E-state index contributed by atoms with van der Waals surface area (Å²) >= 11 is 5.56. The van der Waals surface area contributed by atoms with Crippen molar-refractivity contribution in [3.8, 4) is 0 Å². The third-order valence-corrected chi connectivity index (χ3v) is 3.71. The van der Waals surface area contributed by atoms with Crippen molar-refractivity contribution in [2.45, 2.75) is 4.90 Å². The number of likely N-dealkylation sites (N-methyl/N-ethyl adjacent to an activating group) is 1. The predicted molar refractivity (Wildman–Crippen MR) is 65.8 cm³/mol. The highest BCUT2D eigenvalue weighted by Gasteiger charge is 2.14. The van der Waals surface area contributed by atoms with Crippen LogP contribution in [0.4, 0.5) is 0 Å². The van der Waals surface area contributed by atoms with Gasteiger partial charge in [0, 0.05) is 19.3 Å². The van der Waals surface area contributed by atoms with E-state index in [1.807, 2.05) is 19.0 Å². The third-order valence-electron chi connectivity index (χ3n) is 1.99. The van der Waals surface area contributed by atoms with E-state index >= 15 is 0 Å². The molecule has 0 spiro atoms. The summed E-state index contributed by atoms with van der Waals surface area (Å²) in [5, 5.41) is -0.152. The Morgan fingerprint density at radius 3 is 2.65 bits per heavy atom. The number of H-pyrrole nitrogens is 1. The molecule has 0 radical (unpaired) electrons. The van der Waals surface area contributed by atoms with Crippen LogP contribution >= 0.6 is 11.6 Å². The summed E-state index contributed by atoms with van der Waals surface area (Å²) in [6, 6.07) is 1.12. The van der Waals surface area contributed by atoms with E-state index in [9.17, 15) is 13.2 Å². The number of aromatic nitrogens is 1. The average Bonchev–Trinajstić information content (AvgIpc) is 2.21. The fourth-order valence-electron chi connectivity index (χ4n) is 1.08.